The largest absolute Gasteiger partial charge is 0.367 e. The van der Waals surface area contributed by atoms with Crippen LogP contribution in [0.5, 0.6) is 0 Å². The number of hydrogen-bond donors (Lipinski definition) is 8. The third-order valence-electron chi connectivity index (χ3n) is 23.7. The molecule has 708 valence electrons. The molecule has 13 heterocycles. The minimum Gasteiger partial charge on any atom is -0.367 e. The Morgan fingerprint density at radius 1 is 0.360 bits per heavy atom. The zero-order valence-electron chi connectivity index (χ0n) is 71.6. The highest BCUT2D eigenvalue weighted by Crippen LogP contribution is 2.40. The van der Waals surface area contributed by atoms with Crippen LogP contribution in [0.3, 0.4) is 0 Å². The number of nitrogens with one attached hydrogen (secondary N) is 8. The summed E-state index contributed by atoms with van der Waals surface area (Å²) in [6, 6.07) is 45.9. The fourth-order valence-corrected chi connectivity index (χ4v) is 20.2. The van der Waals surface area contributed by atoms with Gasteiger partial charge < -0.3 is 62.1 Å². The maximum Gasteiger partial charge on any atom is 0.335 e. The monoisotopic (exact) mass is 1920 g/mol. The third-order valence-corrected chi connectivity index (χ3v) is 27.0. The van der Waals surface area contributed by atoms with Crippen LogP contribution in [0.1, 0.15) is 116 Å². The van der Waals surface area contributed by atoms with Crippen molar-refractivity contribution < 1.29 is 32.3 Å². The van der Waals surface area contributed by atoms with Gasteiger partial charge in [0.15, 0.2) is 20.5 Å². The molecule has 6 fully saturated rings. The summed E-state index contributed by atoms with van der Waals surface area (Å²) < 4.78 is 55.1. The van der Waals surface area contributed by atoms with Gasteiger partial charge in [0, 0.05) is 158 Å². The summed E-state index contributed by atoms with van der Waals surface area (Å²) in [5.41, 5.74) is 11.6. The van der Waals surface area contributed by atoms with Crippen LogP contribution in [0.25, 0.3) is 64.7 Å². The first-order valence-electron chi connectivity index (χ1n) is 43.4. The first kappa shape index (κ1) is 96.6. The minimum absolute atomic E-state index is 0. The smallest absolute Gasteiger partial charge is 0.335 e. The Kier molecular flexibility index (Phi) is 30.0. The number of anilines is 8. The zero-order valence-corrected chi connectivity index (χ0v) is 74.9. The number of nitrogens with zero attached hydrogens (tertiary/aromatic N) is 17. The Labute approximate surface area is 796 Å². The summed E-state index contributed by atoms with van der Waals surface area (Å²) in [5, 5.41) is 32.9. The molecule has 6 aliphatic rings. The van der Waals surface area contributed by atoms with Crippen molar-refractivity contribution in [2.75, 3.05) is 146 Å². The molecular formula is C96H106F3N25O8S4. The predicted octanol–water partition coefficient (Wildman–Crippen LogP) is 14.2. The molecule has 8 N–H and O–H groups in total. The standard InChI is InChI=1S/C24H23FN6O2S.C23H23FN6O2S.C23H23N7O2S.C22H21FN6O2S.4CH4/c25-15-5-8-19(29-11-9-26-10-12-29)17(13-15)27-22(32)18-14-34-23(28-18)31-21-4-2-1-3-20(21)30(24(31)33)16-6-7-16;1-2-29-19-5-3-4-6-20(19)30(23(29)32)22-27-17(14-33-22)21(31)26-16-13-15(24)7-8-18(16)28-11-9-25-10-12-28;31-21(26-16-13-25-8-7-18(16)28-11-9-24-10-12-28)17-14-33-22(27-17)30-20-4-2-1-3-19(20)29(23(30)32)15-5-6-15;1-27-18-4-2-3-5-19(18)29(22(27)31)21-26-16(13-32-21)20(30)25-15-12-14(23)6-7-17(15)28-10-8-24-9-11-28;;;;/h1-5,8,13-14,16,26H,6-7,9-12H2,(H,27,32);3-8,13-14,25H,2,9-12H2,1H3,(H,26,31);1-4,7-8,13-15,24H,5-6,9-12H2,(H,26,31);2-7,12-13,24H,8-11H2,1H3,(H,25,30);4*1H4. The molecule has 0 bridgehead atoms. The number of aryl methyl sites for hydroxylation is 2. The van der Waals surface area contributed by atoms with Crippen LogP contribution in [0.2, 0.25) is 0 Å². The van der Waals surface area contributed by atoms with E-state index >= 15 is 0 Å². The molecule has 9 aromatic heterocycles. The molecule has 0 radical (unpaired) electrons. The molecule has 2 aliphatic carbocycles. The van der Waals surface area contributed by atoms with Gasteiger partial charge in [0.2, 0.25) is 0 Å². The van der Waals surface area contributed by atoms with Gasteiger partial charge in [-0.15, -0.1) is 45.3 Å². The van der Waals surface area contributed by atoms with Crippen LogP contribution in [0.4, 0.5) is 58.7 Å². The number of benzene rings is 7. The van der Waals surface area contributed by atoms with Gasteiger partial charge in [-0.25, -0.2) is 70.6 Å². The van der Waals surface area contributed by atoms with E-state index in [4.69, 9.17) is 0 Å². The lowest BCUT2D eigenvalue weighted by atomic mass is 10.2. The highest BCUT2D eigenvalue weighted by Gasteiger charge is 2.34. The van der Waals surface area contributed by atoms with Crippen LogP contribution >= 0.6 is 45.3 Å². The fraction of sp³-hybridized carbons (Fsp3) is 0.302. The molecule has 0 unspecified atom stereocenters. The van der Waals surface area contributed by atoms with E-state index in [9.17, 15) is 51.5 Å². The number of piperazine rings is 4. The van der Waals surface area contributed by atoms with Crippen LogP contribution in [0.15, 0.2) is 211 Å². The highest BCUT2D eigenvalue weighted by molar-refractivity contribution is 7.13. The molecule has 0 spiro atoms. The molecule has 4 aliphatic heterocycles. The Morgan fingerprint density at radius 2 is 0.640 bits per heavy atom. The van der Waals surface area contributed by atoms with E-state index in [2.05, 4.69) is 87.1 Å². The number of rotatable bonds is 19. The number of halogens is 3. The number of amides is 4. The molecular weight excluding hydrogens is 1820 g/mol. The van der Waals surface area contributed by atoms with Crippen LogP contribution < -0.4 is 84.9 Å². The molecule has 136 heavy (non-hydrogen) atoms. The third kappa shape index (κ3) is 19.9. The summed E-state index contributed by atoms with van der Waals surface area (Å²) in [6.07, 6.45) is 7.40. The Hall–Kier alpha value is -14.0. The van der Waals surface area contributed by atoms with E-state index in [1.165, 1.54) is 90.9 Å². The number of aromatic nitrogens is 13. The zero-order chi connectivity index (χ0) is 90.8. The molecule has 0 atom stereocenters. The van der Waals surface area contributed by atoms with E-state index in [1.807, 2.05) is 119 Å². The maximum atomic E-state index is 14.0. The molecule has 40 heteroatoms. The van der Waals surface area contributed by atoms with Crippen LogP contribution in [-0.4, -0.2) is 190 Å². The number of fused-ring (bicyclic) bond motifs is 4. The second kappa shape index (κ2) is 42.3. The van der Waals surface area contributed by atoms with E-state index in [0.717, 1.165) is 192 Å². The van der Waals surface area contributed by atoms with Gasteiger partial charge in [-0.3, -0.25) is 42.4 Å². The maximum absolute atomic E-state index is 14.0. The summed E-state index contributed by atoms with van der Waals surface area (Å²) >= 11 is 4.95. The first-order chi connectivity index (χ1) is 64.4. The minimum atomic E-state index is -0.456. The molecule has 4 saturated heterocycles. The normalized spacial score (nSPS) is 14.7. The molecule has 2 saturated carbocycles. The predicted molar refractivity (Wildman–Crippen MR) is 539 cm³/mol. The number of thiazole rings is 4. The Balaban J connectivity index is 0.000000137. The summed E-state index contributed by atoms with van der Waals surface area (Å²) in [4.78, 5) is 135. The van der Waals surface area contributed by atoms with Crippen molar-refractivity contribution in [3.63, 3.8) is 0 Å². The second-order valence-electron chi connectivity index (χ2n) is 32.1. The van der Waals surface area contributed by atoms with Gasteiger partial charge in [0.1, 0.15) is 40.2 Å². The molecule has 33 nitrogen and oxygen atoms in total. The van der Waals surface area contributed by atoms with Gasteiger partial charge in [0.05, 0.1) is 95.8 Å². The van der Waals surface area contributed by atoms with Crippen molar-refractivity contribution in [1.29, 1.82) is 0 Å². The lowest BCUT2D eigenvalue weighted by Gasteiger charge is -2.31. The fourth-order valence-electron chi connectivity index (χ4n) is 16.9. The lowest BCUT2D eigenvalue weighted by molar-refractivity contribution is 0.101. The number of para-hydroxylation sites is 8. The number of carbonyl (C=O) groups excluding carboxylic acids is 4. The van der Waals surface area contributed by atoms with Gasteiger partial charge in [-0.1, -0.05) is 78.2 Å². The topological polar surface area (TPSA) is 350 Å². The van der Waals surface area contributed by atoms with Gasteiger partial charge in [-0.05, 0) is 142 Å². The average Bonchev–Trinajstić information content (AvgIpc) is 1.59. The number of pyridine rings is 1. The second-order valence-corrected chi connectivity index (χ2v) is 35.5. The number of imidazole rings is 4. The number of carbonyl (C=O) groups is 4. The first-order valence-corrected chi connectivity index (χ1v) is 47.0. The quantitative estimate of drug-likeness (QED) is 0.0373. The molecule has 22 rings (SSSR count). The summed E-state index contributed by atoms with van der Waals surface area (Å²) in [5.74, 6) is -2.95. The summed E-state index contributed by atoms with van der Waals surface area (Å²) in [7, 11) is 1.70. The molecule has 7 aromatic carbocycles. The molecule has 16 aromatic rings. The van der Waals surface area contributed by atoms with Crippen LogP contribution in [0, 0.1) is 17.5 Å². The van der Waals surface area contributed by atoms with Crippen molar-refractivity contribution in [2.24, 2.45) is 7.05 Å². The van der Waals surface area contributed by atoms with Gasteiger partial charge in [0.25, 0.3) is 23.6 Å². The van der Waals surface area contributed by atoms with Gasteiger partial charge >= 0.3 is 22.8 Å². The van der Waals surface area contributed by atoms with E-state index in [1.54, 1.807) is 77.4 Å². The van der Waals surface area contributed by atoms with Crippen molar-refractivity contribution in [1.82, 2.24) is 82.7 Å². The summed E-state index contributed by atoms with van der Waals surface area (Å²) in [6.45, 7) is 15.5. The van der Waals surface area contributed by atoms with E-state index in [-0.39, 0.29) is 93.2 Å². The Morgan fingerprint density at radius 3 is 0.971 bits per heavy atom. The molecule has 4 amide bonds. The lowest BCUT2D eigenvalue weighted by Crippen LogP contribution is -2.43. The van der Waals surface area contributed by atoms with E-state index in [0.29, 0.717) is 55.3 Å². The van der Waals surface area contributed by atoms with Crippen molar-refractivity contribution in [3.05, 3.63) is 274 Å². The Bertz CT molecular complexity index is 7310. The number of hydrogen-bond acceptors (Lipinski definition) is 25. The van der Waals surface area contributed by atoms with Crippen molar-refractivity contribution in [2.45, 2.75) is 80.9 Å². The van der Waals surface area contributed by atoms with Crippen molar-refractivity contribution >= 4 is 159 Å². The highest BCUT2D eigenvalue weighted by atomic mass is 32.1. The van der Waals surface area contributed by atoms with E-state index < -0.39 is 35.2 Å². The van der Waals surface area contributed by atoms with Gasteiger partial charge in [-0.2, -0.15) is 0 Å². The van der Waals surface area contributed by atoms with Crippen molar-refractivity contribution in [3.8, 4) is 20.5 Å². The average molecular weight is 1920 g/mol. The SMILES string of the molecule is C.C.C.C.CCn1c(=O)n(-c2nc(C(=O)Nc3cc(F)ccc3N3CCNCC3)cs2)c2ccccc21.Cn1c(=O)n(-c2nc(C(=O)Nc3cc(F)ccc3N3CCNCC3)cs2)c2ccccc21.O=C(Nc1cc(F)ccc1N1CCNCC1)c1csc(-n2c(=O)n(C3CC3)c3ccccc32)n1.O=C(Nc1cnccc1N1CCNCC1)c1csc(-n2c(=O)n(C3CC3)c3ccccc32)n1. The van der Waals surface area contributed by atoms with Crippen LogP contribution in [-0.2, 0) is 13.6 Å².